The van der Waals surface area contributed by atoms with Gasteiger partial charge in [0.1, 0.15) is 11.4 Å². The summed E-state index contributed by atoms with van der Waals surface area (Å²) in [6.07, 6.45) is 0. The number of rotatable bonds is 14. The lowest BCUT2D eigenvalue weighted by molar-refractivity contribution is -0.127. The van der Waals surface area contributed by atoms with Gasteiger partial charge in [-0.25, -0.2) is 0 Å². The van der Waals surface area contributed by atoms with Crippen LogP contribution in [0, 0.1) is 27.7 Å². The molecule has 0 aromatic heterocycles. The fraction of sp³-hybridized carbons (Fsp3) is 0.182. The Labute approximate surface area is 376 Å². The predicted molar refractivity (Wildman–Crippen MR) is 242 cm³/mol. The zero-order valence-electron chi connectivity index (χ0n) is 34.0. The minimum absolute atomic E-state index is 0.0473. The number of carbonyl (C=O) groups excluding carboxylic acids is 6. The third-order valence-electron chi connectivity index (χ3n) is 9.21. The average molecular weight is 917 g/mol. The third kappa shape index (κ3) is 11.9. The van der Waals surface area contributed by atoms with Crippen molar-refractivity contribution in [2.24, 2.45) is 20.5 Å². The second-order valence-electron chi connectivity index (χ2n) is 14.1. The molecule has 0 saturated carbocycles. The minimum atomic E-state index is -1.59. The molecule has 14 nitrogen and oxygen atoms in total. The van der Waals surface area contributed by atoms with Crippen LogP contribution in [0.2, 0.25) is 20.1 Å². The van der Waals surface area contributed by atoms with Crippen molar-refractivity contribution in [3.8, 4) is 0 Å². The van der Waals surface area contributed by atoms with E-state index in [0.717, 1.165) is 11.1 Å². The Hall–Kier alpha value is -6.32. The zero-order valence-corrected chi connectivity index (χ0v) is 37.0. The van der Waals surface area contributed by atoms with Crippen LogP contribution >= 0.6 is 46.4 Å². The van der Waals surface area contributed by atoms with E-state index in [9.17, 15) is 28.8 Å². The lowest BCUT2D eigenvalue weighted by atomic mass is 10.1. The molecule has 4 amide bonds. The van der Waals surface area contributed by atoms with Crippen LogP contribution in [0.4, 0.5) is 34.1 Å². The molecule has 0 saturated heterocycles. The number of benzene rings is 5. The molecule has 318 valence electrons. The molecule has 2 unspecified atom stereocenters. The first-order chi connectivity index (χ1) is 29.3. The molecule has 0 fully saturated rings. The smallest absolute Gasteiger partial charge is 0.258 e. The number of halogens is 4. The first-order valence-corrected chi connectivity index (χ1v) is 20.1. The fourth-order valence-electron chi connectivity index (χ4n) is 5.75. The Morgan fingerprint density at radius 1 is 0.452 bits per heavy atom. The number of amides is 4. The van der Waals surface area contributed by atoms with Gasteiger partial charge in [-0.05, 0) is 149 Å². The molecule has 0 radical (unpaired) electrons. The van der Waals surface area contributed by atoms with Crippen LogP contribution in [0.25, 0.3) is 0 Å². The Morgan fingerprint density at radius 2 is 0.806 bits per heavy atom. The van der Waals surface area contributed by atoms with Crippen LogP contribution in [0.15, 0.2) is 105 Å². The second kappa shape index (κ2) is 20.5. The number of Topliss-reactive ketones (excluding diaryl/α,β-unsaturated/α-hetero) is 2. The largest absolute Gasteiger partial charge is 0.324 e. The monoisotopic (exact) mass is 914 g/mol. The van der Waals surface area contributed by atoms with Gasteiger partial charge in [0.15, 0.2) is 11.6 Å². The Bertz CT molecular complexity index is 2520. The van der Waals surface area contributed by atoms with Gasteiger partial charge in [-0.1, -0.05) is 46.4 Å². The van der Waals surface area contributed by atoms with E-state index in [-0.39, 0.29) is 32.5 Å². The van der Waals surface area contributed by atoms with E-state index in [1.807, 2.05) is 0 Å². The highest BCUT2D eigenvalue weighted by atomic mass is 35.5. The van der Waals surface area contributed by atoms with Gasteiger partial charge in [0.25, 0.3) is 23.6 Å². The number of anilines is 4. The average Bonchev–Trinajstić information content (AvgIpc) is 3.20. The molecule has 5 aromatic rings. The van der Waals surface area contributed by atoms with Crippen molar-refractivity contribution in [1.29, 1.82) is 0 Å². The van der Waals surface area contributed by atoms with E-state index in [4.69, 9.17) is 46.4 Å². The van der Waals surface area contributed by atoms with Crippen molar-refractivity contribution < 1.29 is 28.8 Å². The van der Waals surface area contributed by atoms with E-state index in [2.05, 4.69) is 41.7 Å². The molecule has 18 heteroatoms. The van der Waals surface area contributed by atoms with E-state index in [1.54, 1.807) is 76.2 Å². The minimum Gasteiger partial charge on any atom is -0.324 e. The summed E-state index contributed by atoms with van der Waals surface area (Å²) in [7, 11) is 0. The Kier molecular flexibility index (Phi) is 15.5. The molecule has 0 heterocycles. The number of nitrogens with one attached hydrogen (secondary N) is 4. The summed E-state index contributed by atoms with van der Waals surface area (Å²) in [4.78, 5) is 78.1. The molecule has 5 aromatic carbocycles. The van der Waals surface area contributed by atoms with Gasteiger partial charge in [-0.15, -0.1) is 0 Å². The molecular weight excluding hydrogens is 878 g/mol. The molecule has 0 aliphatic rings. The maximum Gasteiger partial charge on any atom is 0.258 e. The van der Waals surface area contributed by atoms with Crippen LogP contribution < -0.4 is 21.3 Å². The topological polar surface area (TPSA) is 200 Å². The van der Waals surface area contributed by atoms with Gasteiger partial charge in [-0.2, -0.15) is 20.5 Å². The molecular formula is C44H38Cl4N8O6. The Morgan fingerprint density at radius 3 is 1.15 bits per heavy atom. The van der Waals surface area contributed by atoms with Crippen LogP contribution in [0.5, 0.6) is 0 Å². The van der Waals surface area contributed by atoms with Crippen LogP contribution in [-0.4, -0.2) is 47.3 Å². The highest BCUT2D eigenvalue weighted by Gasteiger charge is 2.26. The van der Waals surface area contributed by atoms with Gasteiger partial charge in [0.2, 0.25) is 12.1 Å². The summed E-state index contributed by atoms with van der Waals surface area (Å²) in [5, 5.41) is 28.3. The van der Waals surface area contributed by atoms with E-state index in [1.165, 1.54) is 50.2 Å². The summed E-state index contributed by atoms with van der Waals surface area (Å²) in [5.74, 6) is -3.78. The van der Waals surface area contributed by atoms with Crippen molar-refractivity contribution >= 4 is 116 Å². The molecule has 5 rings (SSSR count). The number of azo groups is 2. The normalized spacial score (nSPS) is 12.2. The Balaban J connectivity index is 1.27. The number of nitrogens with zero attached hydrogens (tertiary/aromatic N) is 4. The first-order valence-electron chi connectivity index (χ1n) is 18.6. The molecule has 2 atom stereocenters. The van der Waals surface area contributed by atoms with Crippen molar-refractivity contribution in [3.05, 3.63) is 138 Å². The highest BCUT2D eigenvalue weighted by molar-refractivity contribution is 6.34. The van der Waals surface area contributed by atoms with E-state index < -0.39 is 47.3 Å². The first kappa shape index (κ1) is 46.7. The summed E-state index contributed by atoms with van der Waals surface area (Å²) in [5.41, 5.74) is 4.64. The van der Waals surface area contributed by atoms with Gasteiger partial charge >= 0.3 is 0 Å². The number of aryl methyl sites for hydroxylation is 4. The highest BCUT2D eigenvalue weighted by Crippen LogP contribution is 2.31. The lowest BCUT2D eigenvalue weighted by Crippen LogP contribution is -2.32. The number of ketones is 2. The molecule has 0 spiro atoms. The van der Waals surface area contributed by atoms with Gasteiger partial charge in [0, 0.05) is 43.9 Å². The van der Waals surface area contributed by atoms with Gasteiger partial charge < -0.3 is 21.3 Å². The van der Waals surface area contributed by atoms with Gasteiger partial charge in [-0.3, -0.25) is 28.8 Å². The van der Waals surface area contributed by atoms with Crippen molar-refractivity contribution in [2.75, 3.05) is 21.3 Å². The predicted octanol–water partition coefficient (Wildman–Crippen LogP) is 11.4. The fourth-order valence-corrected chi connectivity index (χ4v) is 6.51. The van der Waals surface area contributed by atoms with Crippen molar-refractivity contribution in [2.45, 2.75) is 53.6 Å². The molecule has 4 N–H and O–H groups in total. The quantitative estimate of drug-likeness (QED) is 0.0630. The number of carbonyl (C=O) groups is 6. The molecule has 0 aliphatic carbocycles. The summed E-state index contributed by atoms with van der Waals surface area (Å²) in [6.45, 7) is 9.24. The SMILES string of the molecule is CC(=O)C(N=Nc1cc(C(=O)Nc2ccc(Cl)cc2C)ccc1Cl)C(=O)Nc1cc(C)c(NC(=O)C(N=Nc2cc(C(=O)Nc3ccc(Cl)cc3C)ccc2Cl)C(C)=O)cc1C. The molecule has 0 aliphatic heterocycles. The number of hydrogen-bond acceptors (Lipinski definition) is 10. The summed E-state index contributed by atoms with van der Waals surface area (Å²) >= 11 is 24.7. The maximum atomic E-state index is 13.4. The number of hydrogen-bond donors (Lipinski definition) is 4. The summed E-state index contributed by atoms with van der Waals surface area (Å²) < 4.78 is 0. The van der Waals surface area contributed by atoms with Crippen molar-refractivity contribution in [1.82, 2.24) is 0 Å². The third-order valence-corrected chi connectivity index (χ3v) is 10.3. The maximum absolute atomic E-state index is 13.4. The van der Waals surface area contributed by atoms with E-state index in [0.29, 0.717) is 43.9 Å². The van der Waals surface area contributed by atoms with Crippen LogP contribution in [0.3, 0.4) is 0 Å². The molecule has 62 heavy (non-hydrogen) atoms. The molecule has 0 bridgehead atoms. The van der Waals surface area contributed by atoms with Crippen LogP contribution in [-0.2, 0) is 19.2 Å². The van der Waals surface area contributed by atoms with Crippen molar-refractivity contribution in [3.63, 3.8) is 0 Å². The second-order valence-corrected chi connectivity index (χ2v) is 15.8. The zero-order chi connectivity index (χ0) is 45.4. The lowest BCUT2D eigenvalue weighted by Gasteiger charge is -2.16. The van der Waals surface area contributed by atoms with Crippen LogP contribution in [0.1, 0.15) is 56.8 Å². The van der Waals surface area contributed by atoms with E-state index >= 15 is 0 Å². The van der Waals surface area contributed by atoms with Gasteiger partial charge in [0.05, 0.1) is 10.0 Å². The standard InChI is InChI=1S/C44H38Cl4N8O6/c1-21-15-29(45)9-13-33(21)49-41(59)27-7-11-31(47)37(19-27)53-55-39(25(5)57)43(61)51-35-17-24(4)36(18-23(35)3)52-44(62)40(26(6)58)56-54-38-20-28(8-12-32(38)48)42(60)50-34-14-10-30(46)16-22(34)2/h7-20,39-40H,1-6H3,(H,49,59)(H,50,60)(H,51,61)(H,52,62). The summed E-state index contributed by atoms with van der Waals surface area (Å²) in [6, 6.07) is 18.6.